The standard InChI is InChI=1S/C12H17BrN4O2/c1-2-19-11(18)17-5-3-12(14,4-6-17)10-15-7-9(13)8-16-10/h7-8H,2-6,14H2,1H3. The first-order valence-electron chi connectivity index (χ1n) is 6.24. The normalized spacial score (nSPS) is 18.2. The third-order valence-corrected chi connectivity index (χ3v) is 3.66. The van der Waals surface area contributed by atoms with Crippen molar-refractivity contribution >= 4 is 22.0 Å². The van der Waals surface area contributed by atoms with Crippen LogP contribution in [0.1, 0.15) is 25.6 Å². The smallest absolute Gasteiger partial charge is 0.409 e. The van der Waals surface area contributed by atoms with E-state index in [2.05, 4.69) is 25.9 Å². The predicted molar refractivity (Wildman–Crippen MR) is 73.4 cm³/mol. The fourth-order valence-electron chi connectivity index (χ4n) is 2.10. The summed E-state index contributed by atoms with van der Waals surface area (Å²) in [5.74, 6) is 0.624. The van der Waals surface area contributed by atoms with Crippen LogP contribution in [0.5, 0.6) is 0 Å². The highest BCUT2D eigenvalue weighted by atomic mass is 79.9. The molecule has 1 fully saturated rings. The number of hydrogen-bond acceptors (Lipinski definition) is 5. The molecule has 1 aliphatic heterocycles. The Morgan fingerprint density at radius 3 is 2.58 bits per heavy atom. The van der Waals surface area contributed by atoms with Gasteiger partial charge in [-0.05, 0) is 35.7 Å². The summed E-state index contributed by atoms with van der Waals surface area (Å²) < 4.78 is 5.80. The van der Waals surface area contributed by atoms with Gasteiger partial charge in [0.15, 0.2) is 0 Å². The Hall–Kier alpha value is -1.21. The lowest BCUT2D eigenvalue weighted by atomic mass is 9.88. The molecule has 6 nitrogen and oxygen atoms in total. The van der Waals surface area contributed by atoms with Gasteiger partial charge in [-0.15, -0.1) is 0 Å². The Morgan fingerprint density at radius 2 is 2.05 bits per heavy atom. The number of nitrogens with zero attached hydrogens (tertiary/aromatic N) is 3. The first kappa shape index (κ1) is 14.2. The van der Waals surface area contributed by atoms with E-state index in [1.807, 2.05) is 0 Å². The molecule has 1 aromatic heterocycles. The van der Waals surface area contributed by atoms with Crippen LogP contribution in [-0.2, 0) is 10.3 Å². The highest BCUT2D eigenvalue weighted by Gasteiger charge is 2.36. The van der Waals surface area contributed by atoms with Crippen LogP contribution < -0.4 is 5.73 Å². The zero-order valence-corrected chi connectivity index (χ0v) is 12.4. The second kappa shape index (κ2) is 5.83. The third kappa shape index (κ3) is 3.22. The number of nitrogens with two attached hydrogens (primary N) is 1. The lowest BCUT2D eigenvalue weighted by Gasteiger charge is -2.37. The second-order valence-electron chi connectivity index (χ2n) is 4.57. The molecule has 19 heavy (non-hydrogen) atoms. The Kier molecular flexibility index (Phi) is 4.36. The summed E-state index contributed by atoms with van der Waals surface area (Å²) in [4.78, 5) is 21.8. The highest BCUT2D eigenvalue weighted by molar-refractivity contribution is 9.10. The van der Waals surface area contributed by atoms with Gasteiger partial charge in [0, 0.05) is 25.5 Å². The van der Waals surface area contributed by atoms with Crippen LogP contribution >= 0.6 is 15.9 Å². The number of likely N-dealkylation sites (tertiary alicyclic amines) is 1. The van der Waals surface area contributed by atoms with Crippen molar-refractivity contribution in [2.24, 2.45) is 5.73 Å². The van der Waals surface area contributed by atoms with E-state index in [1.165, 1.54) is 0 Å². The number of halogens is 1. The maximum Gasteiger partial charge on any atom is 0.409 e. The SMILES string of the molecule is CCOC(=O)N1CCC(N)(c2ncc(Br)cn2)CC1. The molecule has 0 unspecified atom stereocenters. The number of hydrogen-bond donors (Lipinski definition) is 1. The minimum absolute atomic E-state index is 0.277. The fourth-order valence-corrected chi connectivity index (χ4v) is 2.30. The topological polar surface area (TPSA) is 81.3 Å². The number of ether oxygens (including phenoxy) is 1. The predicted octanol–water partition coefficient (Wildman–Crippen LogP) is 1.65. The van der Waals surface area contributed by atoms with Gasteiger partial charge in [0.2, 0.25) is 0 Å². The van der Waals surface area contributed by atoms with Crippen LogP contribution in [0, 0.1) is 0 Å². The zero-order chi connectivity index (χ0) is 13.9. The van der Waals surface area contributed by atoms with Gasteiger partial charge in [-0.1, -0.05) is 0 Å². The minimum atomic E-state index is -0.566. The Bertz CT molecular complexity index is 444. The van der Waals surface area contributed by atoms with E-state index in [9.17, 15) is 4.79 Å². The van der Waals surface area contributed by atoms with Gasteiger partial charge in [0.25, 0.3) is 0 Å². The molecule has 0 bridgehead atoms. The molecule has 7 heteroatoms. The Labute approximate surface area is 120 Å². The molecule has 2 N–H and O–H groups in total. The van der Waals surface area contributed by atoms with Crippen LogP contribution in [0.4, 0.5) is 4.79 Å². The Morgan fingerprint density at radius 1 is 1.47 bits per heavy atom. The summed E-state index contributed by atoms with van der Waals surface area (Å²) >= 11 is 3.30. The Balaban J connectivity index is 2.01. The maximum absolute atomic E-state index is 11.6. The summed E-state index contributed by atoms with van der Waals surface area (Å²) in [5, 5.41) is 0. The van der Waals surface area contributed by atoms with E-state index in [-0.39, 0.29) is 6.09 Å². The molecule has 1 aromatic rings. The van der Waals surface area contributed by atoms with Gasteiger partial charge in [-0.25, -0.2) is 14.8 Å². The van der Waals surface area contributed by atoms with Gasteiger partial charge in [-0.2, -0.15) is 0 Å². The summed E-state index contributed by atoms with van der Waals surface area (Å²) in [6.07, 6.45) is 4.37. The molecule has 1 aliphatic rings. The lowest BCUT2D eigenvalue weighted by molar-refractivity contribution is 0.0856. The van der Waals surface area contributed by atoms with Crippen molar-refractivity contribution in [3.63, 3.8) is 0 Å². The van der Waals surface area contributed by atoms with E-state index in [0.717, 1.165) is 4.47 Å². The molecule has 0 aliphatic carbocycles. The molecule has 0 spiro atoms. The molecule has 2 heterocycles. The number of aromatic nitrogens is 2. The summed E-state index contributed by atoms with van der Waals surface area (Å²) in [6.45, 7) is 3.31. The van der Waals surface area contributed by atoms with Gasteiger partial charge in [-0.3, -0.25) is 0 Å². The number of carbonyl (C=O) groups is 1. The third-order valence-electron chi connectivity index (χ3n) is 3.25. The van der Waals surface area contributed by atoms with E-state index in [0.29, 0.717) is 38.4 Å². The summed E-state index contributed by atoms with van der Waals surface area (Å²) in [7, 11) is 0. The lowest BCUT2D eigenvalue weighted by Crippen LogP contribution is -2.50. The number of carbonyl (C=O) groups excluding carboxylic acids is 1. The average molecular weight is 329 g/mol. The van der Waals surface area contributed by atoms with Crippen LogP contribution in [0.15, 0.2) is 16.9 Å². The zero-order valence-electron chi connectivity index (χ0n) is 10.8. The minimum Gasteiger partial charge on any atom is -0.450 e. The molecule has 0 radical (unpaired) electrons. The monoisotopic (exact) mass is 328 g/mol. The van der Waals surface area contributed by atoms with Crippen molar-refractivity contribution in [3.8, 4) is 0 Å². The van der Waals surface area contributed by atoms with Crippen LogP contribution in [0.25, 0.3) is 0 Å². The second-order valence-corrected chi connectivity index (χ2v) is 5.48. The van der Waals surface area contributed by atoms with Crippen LogP contribution in [-0.4, -0.2) is 40.7 Å². The molecule has 1 saturated heterocycles. The van der Waals surface area contributed by atoms with Crippen molar-refractivity contribution in [1.82, 2.24) is 14.9 Å². The number of amides is 1. The van der Waals surface area contributed by atoms with E-state index in [1.54, 1.807) is 24.2 Å². The first-order valence-corrected chi connectivity index (χ1v) is 7.03. The largest absolute Gasteiger partial charge is 0.450 e. The molecule has 0 aromatic carbocycles. The van der Waals surface area contributed by atoms with E-state index < -0.39 is 5.54 Å². The molecule has 2 rings (SSSR count). The number of rotatable bonds is 2. The van der Waals surface area contributed by atoms with E-state index in [4.69, 9.17) is 10.5 Å². The van der Waals surface area contributed by atoms with Gasteiger partial charge < -0.3 is 15.4 Å². The first-order chi connectivity index (χ1) is 9.05. The average Bonchev–Trinajstić information content (AvgIpc) is 2.40. The molecule has 104 valence electrons. The molecular formula is C12H17BrN4O2. The van der Waals surface area contributed by atoms with Crippen LogP contribution in [0.2, 0.25) is 0 Å². The summed E-state index contributed by atoms with van der Waals surface area (Å²) in [5.41, 5.74) is 5.78. The van der Waals surface area contributed by atoms with Crippen molar-refractivity contribution in [2.75, 3.05) is 19.7 Å². The van der Waals surface area contributed by atoms with Crippen LogP contribution in [0.3, 0.4) is 0 Å². The van der Waals surface area contributed by atoms with Gasteiger partial charge >= 0.3 is 6.09 Å². The number of piperidine rings is 1. The highest BCUT2D eigenvalue weighted by Crippen LogP contribution is 2.28. The quantitative estimate of drug-likeness (QED) is 0.892. The van der Waals surface area contributed by atoms with Crippen molar-refractivity contribution < 1.29 is 9.53 Å². The molecule has 0 saturated carbocycles. The van der Waals surface area contributed by atoms with Crippen molar-refractivity contribution in [1.29, 1.82) is 0 Å². The molecule has 1 amide bonds. The molecule has 0 atom stereocenters. The summed E-state index contributed by atoms with van der Waals surface area (Å²) in [6, 6.07) is 0. The van der Waals surface area contributed by atoms with E-state index >= 15 is 0 Å². The van der Waals surface area contributed by atoms with Gasteiger partial charge in [0.05, 0.1) is 16.6 Å². The fraction of sp³-hybridized carbons (Fsp3) is 0.583. The van der Waals surface area contributed by atoms with Crippen molar-refractivity contribution in [3.05, 3.63) is 22.7 Å². The molecular weight excluding hydrogens is 312 g/mol. The van der Waals surface area contributed by atoms with Gasteiger partial charge in [0.1, 0.15) is 5.82 Å². The van der Waals surface area contributed by atoms with Crippen molar-refractivity contribution in [2.45, 2.75) is 25.3 Å². The maximum atomic E-state index is 11.6.